The maximum Gasteiger partial charge on any atom is 0.334 e. The van der Waals surface area contributed by atoms with Crippen LogP contribution in [0.25, 0.3) is 0 Å². The molecular weight excluding hydrogens is 266 g/mol. The van der Waals surface area contributed by atoms with Gasteiger partial charge in [0, 0.05) is 19.7 Å². The first kappa shape index (κ1) is 14.4. The number of hydrogen-bond acceptors (Lipinski definition) is 5. The third-order valence-electron chi connectivity index (χ3n) is 3.30. The molecule has 5 amide bonds. The quantitative estimate of drug-likeness (QED) is 0.520. The smallest absolute Gasteiger partial charge is 0.334 e. The molecule has 2 heterocycles. The second-order valence-corrected chi connectivity index (χ2v) is 4.66. The number of hydrogen-bond donors (Lipinski definition) is 1. The van der Waals surface area contributed by atoms with Crippen molar-refractivity contribution >= 4 is 23.8 Å². The van der Waals surface area contributed by atoms with E-state index >= 15 is 0 Å². The molecule has 2 rings (SSSR count). The summed E-state index contributed by atoms with van der Waals surface area (Å²) < 4.78 is 5.34. The summed E-state index contributed by atoms with van der Waals surface area (Å²) >= 11 is 0. The molecule has 0 aromatic heterocycles. The molecule has 0 radical (unpaired) electrons. The molecule has 20 heavy (non-hydrogen) atoms. The fourth-order valence-corrected chi connectivity index (χ4v) is 2.20. The van der Waals surface area contributed by atoms with E-state index in [1.807, 2.05) is 0 Å². The van der Waals surface area contributed by atoms with Gasteiger partial charge in [-0.25, -0.2) is 9.69 Å². The second kappa shape index (κ2) is 6.00. The Hall–Kier alpha value is -1.96. The predicted octanol–water partition coefficient (Wildman–Crippen LogP) is -0.908. The Morgan fingerprint density at radius 2 is 2.00 bits per heavy atom. The van der Waals surface area contributed by atoms with E-state index in [1.165, 1.54) is 0 Å². The molecular formula is C12H17N3O5. The molecule has 0 aliphatic carbocycles. The Bertz CT molecular complexity index is 444. The molecule has 0 saturated carbocycles. The first-order valence-electron chi connectivity index (χ1n) is 6.60. The van der Waals surface area contributed by atoms with Gasteiger partial charge >= 0.3 is 17.8 Å². The lowest BCUT2D eigenvalue weighted by Gasteiger charge is -2.15. The van der Waals surface area contributed by atoms with Gasteiger partial charge in [0.25, 0.3) is 0 Å². The Morgan fingerprint density at radius 3 is 2.55 bits per heavy atom. The molecule has 0 unspecified atom stereocenters. The highest BCUT2D eigenvalue weighted by atomic mass is 16.5. The first-order chi connectivity index (χ1) is 9.54. The van der Waals surface area contributed by atoms with Gasteiger partial charge in [0.1, 0.15) is 6.54 Å². The van der Waals surface area contributed by atoms with E-state index < -0.39 is 30.3 Å². The fraction of sp³-hybridized carbons (Fsp3) is 0.667. The average molecular weight is 283 g/mol. The maximum absolute atomic E-state index is 11.8. The van der Waals surface area contributed by atoms with E-state index in [0.717, 1.165) is 17.7 Å². The van der Waals surface area contributed by atoms with Crippen LogP contribution in [0.5, 0.6) is 0 Å². The zero-order valence-electron chi connectivity index (χ0n) is 11.3. The Labute approximate surface area is 116 Å². The summed E-state index contributed by atoms with van der Waals surface area (Å²) in [7, 11) is 0. The van der Waals surface area contributed by atoms with Crippen LogP contribution in [0.15, 0.2) is 0 Å². The Balaban J connectivity index is 1.85. The molecule has 1 atom stereocenters. The predicted molar refractivity (Wildman–Crippen MR) is 66.5 cm³/mol. The van der Waals surface area contributed by atoms with Gasteiger partial charge in [0.2, 0.25) is 5.91 Å². The van der Waals surface area contributed by atoms with Crippen molar-refractivity contribution in [2.24, 2.45) is 0 Å². The highest BCUT2D eigenvalue weighted by Crippen LogP contribution is 2.12. The van der Waals surface area contributed by atoms with Crippen molar-refractivity contribution in [1.29, 1.82) is 0 Å². The lowest BCUT2D eigenvalue weighted by molar-refractivity contribution is -0.143. The minimum absolute atomic E-state index is 0.0160. The molecule has 0 spiro atoms. The zero-order chi connectivity index (χ0) is 14.7. The number of amides is 5. The number of nitrogens with one attached hydrogen (secondary N) is 1. The standard InChI is InChI=1S/C12H17N3O5/c1-2-14-10(17)11(18)15(12(14)19)7-9(16)13-6-8-4-3-5-20-8/h8H,2-7H2,1H3,(H,13,16)/t8-/m0/s1. The van der Waals surface area contributed by atoms with Crippen LogP contribution in [0.1, 0.15) is 19.8 Å². The third kappa shape index (κ3) is 2.79. The van der Waals surface area contributed by atoms with Gasteiger partial charge < -0.3 is 10.1 Å². The summed E-state index contributed by atoms with van der Waals surface area (Å²) in [6, 6.07) is -0.741. The molecule has 2 aliphatic heterocycles. The van der Waals surface area contributed by atoms with Crippen molar-refractivity contribution in [3.63, 3.8) is 0 Å². The molecule has 0 aromatic carbocycles. The van der Waals surface area contributed by atoms with Crippen LogP contribution >= 0.6 is 0 Å². The molecule has 2 aliphatic rings. The molecule has 110 valence electrons. The van der Waals surface area contributed by atoms with Gasteiger partial charge in [-0.15, -0.1) is 0 Å². The largest absolute Gasteiger partial charge is 0.376 e. The van der Waals surface area contributed by atoms with Gasteiger partial charge in [-0.2, -0.15) is 0 Å². The molecule has 2 saturated heterocycles. The molecule has 8 nitrogen and oxygen atoms in total. The highest BCUT2D eigenvalue weighted by Gasteiger charge is 2.44. The molecule has 0 bridgehead atoms. The SMILES string of the molecule is CCN1C(=O)C(=O)N(CC(=O)NC[C@@H]2CCCO2)C1=O. The summed E-state index contributed by atoms with van der Waals surface area (Å²) in [4.78, 5) is 48.0. The Kier molecular flexibility index (Phi) is 4.33. The lowest BCUT2D eigenvalue weighted by atomic mass is 10.2. The van der Waals surface area contributed by atoms with Crippen LogP contribution in [0.2, 0.25) is 0 Å². The summed E-state index contributed by atoms with van der Waals surface area (Å²) in [5.74, 6) is -2.32. The van der Waals surface area contributed by atoms with Crippen LogP contribution in [0.3, 0.4) is 0 Å². The minimum Gasteiger partial charge on any atom is -0.376 e. The molecule has 8 heteroatoms. The zero-order valence-corrected chi connectivity index (χ0v) is 11.3. The van der Waals surface area contributed by atoms with Crippen LogP contribution in [0, 0.1) is 0 Å². The monoisotopic (exact) mass is 283 g/mol. The maximum atomic E-state index is 11.8. The average Bonchev–Trinajstić information content (AvgIpc) is 3.01. The van der Waals surface area contributed by atoms with Crippen LogP contribution < -0.4 is 5.32 Å². The van der Waals surface area contributed by atoms with E-state index in [1.54, 1.807) is 6.92 Å². The summed E-state index contributed by atoms with van der Waals surface area (Å²) in [5, 5.41) is 2.60. The number of carbonyl (C=O) groups excluding carboxylic acids is 4. The number of nitrogens with zero attached hydrogens (tertiary/aromatic N) is 2. The number of rotatable bonds is 5. The molecule has 2 fully saturated rings. The van der Waals surface area contributed by atoms with Crippen molar-refractivity contribution in [2.75, 3.05) is 26.2 Å². The number of likely N-dealkylation sites (N-methyl/N-ethyl adjacent to an activating group) is 1. The first-order valence-corrected chi connectivity index (χ1v) is 6.60. The van der Waals surface area contributed by atoms with Crippen LogP contribution in [0.4, 0.5) is 4.79 Å². The second-order valence-electron chi connectivity index (χ2n) is 4.66. The topological polar surface area (TPSA) is 96.0 Å². The van der Waals surface area contributed by atoms with E-state index in [0.29, 0.717) is 18.1 Å². The molecule has 1 N–H and O–H groups in total. The number of carbonyl (C=O) groups is 4. The van der Waals surface area contributed by atoms with E-state index in [4.69, 9.17) is 4.74 Å². The molecule has 0 aromatic rings. The fourth-order valence-electron chi connectivity index (χ4n) is 2.20. The third-order valence-corrected chi connectivity index (χ3v) is 3.30. The summed E-state index contributed by atoms with van der Waals surface area (Å²) in [5.41, 5.74) is 0. The minimum atomic E-state index is -0.955. The van der Waals surface area contributed by atoms with Gasteiger partial charge in [0.15, 0.2) is 0 Å². The van der Waals surface area contributed by atoms with Gasteiger partial charge in [0.05, 0.1) is 6.10 Å². The van der Waals surface area contributed by atoms with Gasteiger partial charge in [-0.1, -0.05) is 0 Å². The van der Waals surface area contributed by atoms with Crippen molar-refractivity contribution in [2.45, 2.75) is 25.9 Å². The Morgan fingerprint density at radius 1 is 1.30 bits per heavy atom. The van der Waals surface area contributed by atoms with Crippen molar-refractivity contribution in [3.8, 4) is 0 Å². The van der Waals surface area contributed by atoms with E-state index in [9.17, 15) is 19.2 Å². The number of imide groups is 2. The number of ether oxygens (including phenoxy) is 1. The van der Waals surface area contributed by atoms with Gasteiger partial charge in [-0.05, 0) is 19.8 Å². The van der Waals surface area contributed by atoms with Crippen LogP contribution in [-0.4, -0.2) is 65.9 Å². The summed E-state index contributed by atoms with van der Waals surface area (Å²) in [6.45, 7) is 2.29. The lowest BCUT2D eigenvalue weighted by Crippen LogP contribution is -2.43. The van der Waals surface area contributed by atoms with E-state index in [-0.39, 0.29) is 12.6 Å². The number of urea groups is 1. The highest BCUT2D eigenvalue weighted by molar-refractivity contribution is 6.45. The van der Waals surface area contributed by atoms with Crippen molar-refractivity contribution < 1.29 is 23.9 Å². The normalized spacial score (nSPS) is 22.9. The van der Waals surface area contributed by atoms with Crippen molar-refractivity contribution in [3.05, 3.63) is 0 Å². The van der Waals surface area contributed by atoms with Crippen LogP contribution in [-0.2, 0) is 19.1 Å². The van der Waals surface area contributed by atoms with Gasteiger partial charge in [-0.3, -0.25) is 19.3 Å². The summed E-state index contributed by atoms with van der Waals surface area (Å²) in [6.07, 6.45) is 1.82. The van der Waals surface area contributed by atoms with E-state index in [2.05, 4.69) is 5.32 Å². The van der Waals surface area contributed by atoms with Crippen molar-refractivity contribution in [1.82, 2.24) is 15.1 Å².